The van der Waals surface area contributed by atoms with Gasteiger partial charge in [0.2, 0.25) is 5.78 Å². The summed E-state index contributed by atoms with van der Waals surface area (Å²) in [6.45, 7) is 0.844. The summed E-state index contributed by atoms with van der Waals surface area (Å²) in [6, 6.07) is 5.86. The number of rotatable bonds is 4. The third-order valence-corrected chi connectivity index (χ3v) is 2.70. The molecule has 6 nitrogen and oxygen atoms in total. The van der Waals surface area contributed by atoms with Crippen molar-refractivity contribution in [3.8, 4) is 6.07 Å². The van der Waals surface area contributed by atoms with Crippen LogP contribution < -0.4 is 11.5 Å². The van der Waals surface area contributed by atoms with Crippen LogP contribution in [0, 0.1) is 11.3 Å². The van der Waals surface area contributed by atoms with Crippen LogP contribution >= 0.6 is 11.6 Å². The molecule has 0 aromatic heterocycles. The van der Waals surface area contributed by atoms with Gasteiger partial charge in [-0.25, -0.2) is 4.79 Å². The molecule has 0 radical (unpaired) electrons. The summed E-state index contributed by atoms with van der Waals surface area (Å²) >= 11 is 5.72. The lowest BCUT2D eigenvalue weighted by Gasteiger charge is -2.05. The van der Waals surface area contributed by atoms with Crippen molar-refractivity contribution >= 4 is 29.0 Å². The van der Waals surface area contributed by atoms with E-state index >= 15 is 0 Å². The molecule has 0 unspecified atom stereocenters. The predicted molar refractivity (Wildman–Crippen MR) is 73.7 cm³/mol. The fraction of sp³-hybridized carbons (Fsp3) is 0.154. The zero-order chi connectivity index (χ0) is 15.3. The van der Waals surface area contributed by atoms with E-state index in [1.807, 2.05) is 0 Å². The number of nitriles is 1. The number of hydrogen-bond acceptors (Lipinski definition) is 6. The fourth-order valence-corrected chi connectivity index (χ4v) is 1.45. The van der Waals surface area contributed by atoms with Gasteiger partial charge in [-0.2, -0.15) is 5.26 Å². The topological polar surface area (TPSA) is 119 Å². The number of ketones is 1. The summed E-state index contributed by atoms with van der Waals surface area (Å²) < 4.78 is 4.79. The van der Waals surface area contributed by atoms with Crippen molar-refractivity contribution in [1.29, 1.82) is 5.26 Å². The third kappa shape index (κ3) is 3.73. The highest BCUT2D eigenvalue weighted by atomic mass is 35.5. The monoisotopic (exact) mass is 293 g/mol. The molecule has 104 valence electrons. The quantitative estimate of drug-likeness (QED) is 0.375. The number of Topliss-reactive ketones (excluding diaryl/α,β-unsaturated/α-hetero) is 1. The van der Waals surface area contributed by atoms with Crippen molar-refractivity contribution < 1.29 is 14.3 Å². The van der Waals surface area contributed by atoms with E-state index in [0.717, 1.165) is 0 Å². The smallest absolute Gasteiger partial charge is 0.338 e. The average molecular weight is 294 g/mol. The van der Waals surface area contributed by atoms with E-state index in [-0.39, 0.29) is 22.5 Å². The first kappa shape index (κ1) is 15.5. The normalized spacial score (nSPS) is 11.2. The highest BCUT2D eigenvalue weighted by molar-refractivity contribution is 6.33. The second kappa shape index (κ2) is 6.59. The summed E-state index contributed by atoms with van der Waals surface area (Å²) in [4.78, 5) is 23.3. The van der Waals surface area contributed by atoms with Crippen molar-refractivity contribution in [2.75, 3.05) is 12.3 Å². The Labute approximate surface area is 120 Å². The number of hydrogen-bond donors (Lipinski definition) is 2. The number of nitrogens with zero attached hydrogens (tertiary/aromatic N) is 1. The number of anilines is 1. The lowest BCUT2D eigenvalue weighted by Crippen LogP contribution is -2.17. The van der Waals surface area contributed by atoms with Crippen molar-refractivity contribution in [3.63, 3.8) is 0 Å². The molecule has 7 heteroatoms. The molecule has 20 heavy (non-hydrogen) atoms. The molecule has 1 rings (SSSR count). The van der Waals surface area contributed by atoms with Gasteiger partial charge in [0.05, 0.1) is 16.3 Å². The minimum absolute atomic E-state index is 0.0734. The molecule has 0 saturated carbocycles. The predicted octanol–water partition coefficient (Wildman–Crippen LogP) is 1.40. The van der Waals surface area contributed by atoms with Crippen LogP contribution in [-0.2, 0) is 9.53 Å². The van der Waals surface area contributed by atoms with Crippen LogP contribution in [0.25, 0.3) is 0 Å². The maximum atomic E-state index is 11.7. The molecule has 0 heterocycles. The zero-order valence-electron chi connectivity index (χ0n) is 10.6. The molecule has 0 amide bonds. The van der Waals surface area contributed by atoms with Gasteiger partial charge in [-0.3, -0.25) is 4.79 Å². The Kier molecular flexibility index (Phi) is 5.12. The largest absolute Gasteiger partial charge is 0.454 e. The molecule has 0 aliphatic rings. The highest BCUT2D eigenvalue weighted by Gasteiger charge is 2.15. The van der Waals surface area contributed by atoms with Crippen LogP contribution in [0.1, 0.15) is 17.3 Å². The minimum Gasteiger partial charge on any atom is -0.454 e. The van der Waals surface area contributed by atoms with Gasteiger partial charge in [0.15, 0.2) is 6.61 Å². The van der Waals surface area contributed by atoms with E-state index in [4.69, 9.17) is 33.1 Å². The number of nitrogen functional groups attached to an aromatic ring is 1. The fourth-order valence-electron chi connectivity index (χ4n) is 1.33. The highest BCUT2D eigenvalue weighted by Crippen LogP contribution is 2.19. The molecule has 0 bridgehead atoms. The molecule has 1 aromatic rings. The van der Waals surface area contributed by atoms with E-state index in [2.05, 4.69) is 0 Å². The van der Waals surface area contributed by atoms with Crippen LogP contribution in [0.15, 0.2) is 29.5 Å². The van der Waals surface area contributed by atoms with Gasteiger partial charge in [0, 0.05) is 5.70 Å². The Hall–Kier alpha value is -2.52. The Morgan fingerprint density at radius 3 is 2.60 bits per heavy atom. The third-order valence-electron chi connectivity index (χ3n) is 2.35. The average Bonchev–Trinajstić information content (AvgIpc) is 2.39. The van der Waals surface area contributed by atoms with Crippen LogP contribution in [-0.4, -0.2) is 18.4 Å². The van der Waals surface area contributed by atoms with E-state index in [9.17, 15) is 9.59 Å². The van der Waals surface area contributed by atoms with Gasteiger partial charge in [-0.1, -0.05) is 11.6 Å². The lowest BCUT2D eigenvalue weighted by molar-refractivity contribution is -0.118. The first-order chi connectivity index (χ1) is 9.36. The molecular weight excluding hydrogens is 282 g/mol. The molecule has 0 atom stereocenters. The SMILES string of the molecule is C/C(N)=C(\C#N)C(=O)COC(=O)c1ccc(Cl)c(N)c1. The molecule has 0 fully saturated rings. The minimum atomic E-state index is -0.742. The van der Waals surface area contributed by atoms with Gasteiger partial charge in [-0.15, -0.1) is 0 Å². The Morgan fingerprint density at radius 1 is 1.45 bits per heavy atom. The Morgan fingerprint density at radius 2 is 2.10 bits per heavy atom. The Balaban J connectivity index is 2.74. The number of benzene rings is 1. The first-order valence-corrected chi connectivity index (χ1v) is 5.86. The molecule has 0 saturated heterocycles. The molecule has 1 aromatic carbocycles. The standard InChI is InChI=1S/C13H12ClN3O3/c1-7(16)9(5-15)12(18)6-20-13(19)8-2-3-10(14)11(17)4-8/h2-4H,6,16-17H2,1H3/b9-7-. The zero-order valence-corrected chi connectivity index (χ0v) is 11.4. The van der Waals surface area contributed by atoms with Crippen molar-refractivity contribution in [3.05, 3.63) is 40.1 Å². The van der Waals surface area contributed by atoms with E-state index in [0.29, 0.717) is 5.02 Å². The molecule has 0 spiro atoms. The summed E-state index contributed by atoms with van der Waals surface area (Å²) in [5.74, 6) is -1.41. The maximum Gasteiger partial charge on any atom is 0.338 e. The first-order valence-electron chi connectivity index (χ1n) is 5.48. The van der Waals surface area contributed by atoms with Gasteiger partial charge in [0.1, 0.15) is 11.6 Å². The number of esters is 1. The summed E-state index contributed by atoms with van der Waals surface area (Å²) in [5.41, 5.74) is 11.1. The van der Waals surface area contributed by atoms with Crippen LogP contribution in [0.4, 0.5) is 5.69 Å². The lowest BCUT2D eigenvalue weighted by atomic mass is 10.1. The number of nitrogens with two attached hydrogens (primary N) is 2. The van der Waals surface area contributed by atoms with Gasteiger partial charge >= 0.3 is 5.97 Å². The molecule has 0 aliphatic carbocycles. The van der Waals surface area contributed by atoms with Crippen LogP contribution in [0.3, 0.4) is 0 Å². The number of allylic oxidation sites excluding steroid dienone is 1. The maximum absolute atomic E-state index is 11.7. The number of ether oxygens (including phenoxy) is 1. The number of halogens is 1. The van der Waals surface area contributed by atoms with E-state index in [1.165, 1.54) is 25.1 Å². The molecule has 0 aliphatic heterocycles. The second-order valence-corrected chi connectivity index (χ2v) is 4.31. The summed E-state index contributed by atoms with van der Waals surface area (Å²) in [5, 5.41) is 9.05. The van der Waals surface area contributed by atoms with E-state index < -0.39 is 18.4 Å². The summed E-state index contributed by atoms with van der Waals surface area (Å²) in [7, 11) is 0. The van der Waals surface area contributed by atoms with Gasteiger partial charge in [0.25, 0.3) is 0 Å². The molecule has 4 N–H and O–H groups in total. The van der Waals surface area contributed by atoms with Crippen LogP contribution in [0.2, 0.25) is 5.02 Å². The van der Waals surface area contributed by atoms with Crippen LogP contribution in [0.5, 0.6) is 0 Å². The second-order valence-electron chi connectivity index (χ2n) is 3.91. The molecular formula is C13H12ClN3O3. The number of carbonyl (C=O) groups excluding carboxylic acids is 2. The van der Waals surface area contributed by atoms with Gasteiger partial charge in [-0.05, 0) is 25.1 Å². The van der Waals surface area contributed by atoms with Gasteiger partial charge < -0.3 is 16.2 Å². The van der Waals surface area contributed by atoms with Crippen molar-refractivity contribution in [2.24, 2.45) is 5.73 Å². The number of carbonyl (C=O) groups is 2. The van der Waals surface area contributed by atoms with Crippen molar-refractivity contribution in [2.45, 2.75) is 6.92 Å². The van der Waals surface area contributed by atoms with E-state index in [1.54, 1.807) is 6.07 Å². The summed E-state index contributed by atoms with van der Waals surface area (Å²) in [6.07, 6.45) is 0. The Bertz CT molecular complexity index is 628. The van der Waals surface area contributed by atoms with Crippen molar-refractivity contribution in [1.82, 2.24) is 0 Å².